The van der Waals surface area contributed by atoms with Crippen LogP contribution in [0.1, 0.15) is 66.7 Å². The van der Waals surface area contributed by atoms with Crippen LogP contribution in [0.25, 0.3) is 0 Å². The first-order valence-corrected chi connectivity index (χ1v) is 6.78. The number of hydrogen-bond donors (Lipinski definition) is 1. The molecule has 0 bridgehead atoms. The summed E-state index contributed by atoms with van der Waals surface area (Å²) in [7, 11) is 0. The smallest absolute Gasteiger partial charge is 0.00696 e. The summed E-state index contributed by atoms with van der Waals surface area (Å²) in [5.41, 5.74) is 6.27. The molecule has 92 valence electrons. The molecule has 1 nitrogen and oxygen atoms in total. The van der Waals surface area contributed by atoms with Gasteiger partial charge in [-0.1, -0.05) is 60.3 Å². The van der Waals surface area contributed by atoms with Crippen molar-refractivity contribution in [2.24, 2.45) is 23.5 Å². The van der Waals surface area contributed by atoms with E-state index in [0.29, 0.717) is 17.9 Å². The van der Waals surface area contributed by atoms with E-state index < -0.39 is 0 Å². The zero-order chi connectivity index (χ0) is 11.8. The Bertz CT molecular complexity index is 142. The fourth-order valence-electron chi connectivity index (χ4n) is 2.08. The van der Waals surface area contributed by atoms with E-state index in [1.165, 1.54) is 32.1 Å². The monoisotopic (exact) mass is 213 g/mol. The highest BCUT2D eigenvalue weighted by Gasteiger charge is 2.19. The van der Waals surface area contributed by atoms with E-state index in [-0.39, 0.29) is 0 Å². The maximum Gasteiger partial charge on any atom is 0.00696 e. The molecule has 0 aromatic carbocycles. The number of hydrogen-bond acceptors (Lipinski definition) is 1. The predicted octanol–water partition coefficient (Wildman–Crippen LogP) is 4.21. The Kier molecular flexibility index (Phi) is 8.13. The second-order valence-corrected chi connectivity index (χ2v) is 5.42. The lowest BCUT2D eigenvalue weighted by molar-refractivity contribution is 0.282. The predicted molar refractivity (Wildman–Crippen MR) is 69.9 cm³/mol. The lowest BCUT2D eigenvalue weighted by Gasteiger charge is -2.27. The molecule has 2 N–H and O–H groups in total. The van der Waals surface area contributed by atoms with E-state index >= 15 is 0 Å². The van der Waals surface area contributed by atoms with Crippen molar-refractivity contribution < 1.29 is 0 Å². The molecular weight excluding hydrogens is 182 g/mol. The molecule has 15 heavy (non-hydrogen) atoms. The van der Waals surface area contributed by atoms with Gasteiger partial charge in [0.05, 0.1) is 0 Å². The first-order valence-electron chi connectivity index (χ1n) is 6.78. The Labute approximate surface area is 96.8 Å². The quantitative estimate of drug-likeness (QED) is 0.642. The van der Waals surface area contributed by atoms with Gasteiger partial charge in [-0.2, -0.15) is 0 Å². The summed E-state index contributed by atoms with van der Waals surface area (Å²) in [6, 6.07) is 0.395. The highest BCUT2D eigenvalue weighted by atomic mass is 14.6. The van der Waals surface area contributed by atoms with E-state index in [2.05, 4.69) is 34.6 Å². The molecule has 3 atom stereocenters. The first kappa shape index (κ1) is 15.0. The molecule has 0 heterocycles. The van der Waals surface area contributed by atoms with Gasteiger partial charge in [-0.05, 0) is 24.2 Å². The Balaban J connectivity index is 3.94. The molecule has 0 aliphatic heterocycles. The minimum absolute atomic E-state index is 0.395. The van der Waals surface area contributed by atoms with Crippen LogP contribution in [0.3, 0.4) is 0 Å². The molecule has 0 aromatic rings. The molecule has 1 heteroatoms. The van der Waals surface area contributed by atoms with E-state index in [1.807, 2.05) is 0 Å². The summed E-state index contributed by atoms with van der Waals surface area (Å²) in [4.78, 5) is 0. The van der Waals surface area contributed by atoms with E-state index in [4.69, 9.17) is 5.73 Å². The van der Waals surface area contributed by atoms with Crippen LogP contribution in [0.15, 0.2) is 0 Å². The maximum atomic E-state index is 6.27. The average molecular weight is 213 g/mol. The van der Waals surface area contributed by atoms with Crippen LogP contribution in [-0.2, 0) is 0 Å². The third-order valence-electron chi connectivity index (χ3n) is 3.88. The van der Waals surface area contributed by atoms with Crippen molar-refractivity contribution >= 4 is 0 Å². The molecule has 0 spiro atoms. The minimum Gasteiger partial charge on any atom is -0.327 e. The molecular formula is C14H31N. The van der Waals surface area contributed by atoms with Crippen molar-refractivity contribution in [3.05, 3.63) is 0 Å². The van der Waals surface area contributed by atoms with Crippen LogP contribution in [0.4, 0.5) is 0 Å². The van der Waals surface area contributed by atoms with Gasteiger partial charge in [-0.3, -0.25) is 0 Å². The van der Waals surface area contributed by atoms with Crippen molar-refractivity contribution in [1.82, 2.24) is 0 Å². The number of unbranched alkanes of at least 4 members (excludes halogenated alkanes) is 1. The summed E-state index contributed by atoms with van der Waals surface area (Å²) < 4.78 is 0. The molecule has 3 unspecified atom stereocenters. The van der Waals surface area contributed by atoms with Gasteiger partial charge in [0, 0.05) is 6.04 Å². The third-order valence-corrected chi connectivity index (χ3v) is 3.88. The molecule has 0 saturated heterocycles. The molecule has 0 fully saturated rings. The SMILES string of the molecule is CCCCC(CC)CC(N)C(C)C(C)C. The second kappa shape index (κ2) is 8.15. The fraction of sp³-hybridized carbons (Fsp3) is 1.00. The molecule has 0 aliphatic rings. The van der Waals surface area contributed by atoms with E-state index in [1.54, 1.807) is 0 Å². The zero-order valence-corrected chi connectivity index (χ0v) is 11.4. The van der Waals surface area contributed by atoms with Crippen molar-refractivity contribution in [3.8, 4) is 0 Å². The van der Waals surface area contributed by atoms with Gasteiger partial charge in [-0.15, -0.1) is 0 Å². The Morgan fingerprint density at radius 3 is 2.07 bits per heavy atom. The summed E-state index contributed by atoms with van der Waals surface area (Å²) >= 11 is 0. The van der Waals surface area contributed by atoms with Crippen LogP contribution >= 0.6 is 0 Å². The number of nitrogens with two attached hydrogens (primary N) is 1. The van der Waals surface area contributed by atoms with Crippen molar-refractivity contribution in [2.75, 3.05) is 0 Å². The highest BCUT2D eigenvalue weighted by Crippen LogP contribution is 2.23. The molecule has 0 aliphatic carbocycles. The topological polar surface area (TPSA) is 26.0 Å². The Hall–Kier alpha value is -0.0400. The largest absolute Gasteiger partial charge is 0.327 e. The van der Waals surface area contributed by atoms with Gasteiger partial charge in [0.2, 0.25) is 0 Å². The molecule has 0 radical (unpaired) electrons. The van der Waals surface area contributed by atoms with Crippen molar-refractivity contribution in [2.45, 2.75) is 72.8 Å². The summed E-state index contributed by atoms with van der Waals surface area (Å²) in [5.74, 6) is 2.21. The van der Waals surface area contributed by atoms with Gasteiger partial charge in [0.1, 0.15) is 0 Å². The normalized spacial score (nSPS) is 17.8. The van der Waals surface area contributed by atoms with Crippen molar-refractivity contribution in [1.29, 1.82) is 0 Å². The summed E-state index contributed by atoms with van der Waals surface area (Å²) in [5, 5.41) is 0. The first-order chi connectivity index (χ1) is 7.02. The Morgan fingerprint density at radius 2 is 1.67 bits per heavy atom. The molecule has 0 rings (SSSR count). The van der Waals surface area contributed by atoms with Gasteiger partial charge in [0.15, 0.2) is 0 Å². The van der Waals surface area contributed by atoms with Crippen molar-refractivity contribution in [3.63, 3.8) is 0 Å². The van der Waals surface area contributed by atoms with Gasteiger partial charge in [-0.25, -0.2) is 0 Å². The van der Waals surface area contributed by atoms with Crippen LogP contribution in [0.2, 0.25) is 0 Å². The van der Waals surface area contributed by atoms with Crippen LogP contribution in [0, 0.1) is 17.8 Å². The zero-order valence-electron chi connectivity index (χ0n) is 11.4. The van der Waals surface area contributed by atoms with E-state index in [0.717, 1.165) is 5.92 Å². The summed E-state index contributed by atoms with van der Waals surface area (Å²) in [6.07, 6.45) is 6.55. The lowest BCUT2D eigenvalue weighted by atomic mass is 9.83. The Morgan fingerprint density at radius 1 is 1.07 bits per heavy atom. The van der Waals surface area contributed by atoms with Gasteiger partial charge >= 0.3 is 0 Å². The minimum atomic E-state index is 0.395. The van der Waals surface area contributed by atoms with Gasteiger partial charge < -0.3 is 5.73 Å². The summed E-state index contributed by atoms with van der Waals surface area (Å²) in [6.45, 7) is 11.4. The fourth-order valence-corrected chi connectivity index (χ4v) is 2.08. The van der Waals surface area contributed by atoms with Gasteiger partial charge in [0.25, 0.3) is 0 Å². The standard InChI is InChI=1S/C14H31N/c1-6-8-9-13(7-2)10-14(15)12(5)11(3)4/h11-14H,6-10,15H2,1-5H3. The number of rotatable bonds is 8. The maximum absolute atomic E-state index is 6.27. The molecule has 0 saturated carbocycles. The molecule has 0 amide bonds. The van der Waals surface area contributed by atoms with E-state index in [9.17, 15) is 0 Å². The lowest BCUT2D eigenvalue weighted by Crippen LogP contribution is -2.33. The van der Waals surface area contributed by atoms with Crippen LogP contribution < -0.4 is 5.73 Å². The second-order valence-electron chi connectivity index (χ2n) is 5.42. The molecule has 0 aromatic heterocycles. The average Bonchev–Trinajstić information content (AvgIpc) is 2.22. The van der Waals surface area contributed by atoms with Crippen LogP contribution in [0.5, 0.6) is 0 Å². The highest BCUT2D eigenvalue weighted by molar-refractivity contribution is 4.75. The third kappa shape index (κ3) is 6.19. The van der Waals surface area contributed by atoms with Crippen LogP contribution in [-0.4, -0.2) is 6.04 Å².